The van der Waals surface area contributed by atoms with Gasteiger partial charge in [-0.1, -0.05) is 37.3 Å². The Morgan fingerprint density at radius 1 is 1.05 bits per heavy atom. The lowest BCUT2D eigenvalue weighted by molar-refractivity contribution is 0.414. The number of rotatable bonds is 8. The van der Waals surface area contributed by atoms with Gasteiger partial charge in [-0.25, -0.2) is 0 Å². The molecule has 0 saturated carbocycles. The van der Waals surface area contributed by atoms with Crippen LogP contribution in [0.5, 0.6) is 5.75 Å². The van der Waals surface area contributed by atoms with Crippen molar-refractivity contribution in [2.75, 3.05) is 19.4 Å². The Balaban J connectivity index is 1.97. The molecule has 0 radical (unpaired) electrons. The molecule has 2 aromatic carbocycles. The van der Waals surface area contributed by atoms with Gasteiger partial charge in [-0.2, -0.15) is 0 Å². The summed E-state index contributed by atoms with van der Waals surface area (Å²) in [6, 6.07) is 19.3. The molecule has 0 spiro atoms. The van der Waals surface area contributed by atoms with E-state index in [1.165, 1.54) is 10.5 Å². The minimum Gasteiger partial charge on any atom is -0.497 e. The molecular weight excluding hydrogens is 278 g/mol. The molecule has 3 heteroatoms. The molecule has 0 saturated heterocycles. The van der Waals surface area contributed by atoms with Crippen LogP contribution >= 0.6 is 11.8 Å². The summed E-state index contributed by atoms with van der Waals surface area (Å²) < 4.78 is 5.20. The zero-order chi connectivity index (χ0) is 14.9. The molecular formula is C18H23NOS. The molecule has 0 aliphatic carbocycles. The smallest absolute Gasteiger partial charge is 0.118 e. The van der Waals surface area contributed by atoms with Gasteiger partial charge < -0.3 is 10.1 Å². The minimum atomic E-state index is 0.387. The fourth-order valence-corrected chi connectivity index (χ4v) is 3.13. The van der Waals surface area contributed by atoms with Gasteiger partial charge in [0.25, 0.3) is 0 Å². The van der Waals surface area contributed by atoms with Crippen LogP contribution in [0, 0.1) is 0 Å². The summed E-state index contributed by atoms with van der Waals surface area (Å²) >= 11 is 1.87. The summed E-state index contributed by atoms with van der Waals surface area (Å²) in [6.45, 7) is 3.24. The lowest BCUT2D eigenvalue weighted by atomic mass is 10.1. The van der Waals surface area contributed by atoms with Crippen LogP contribution < -0.4 is 10.1 Å². The molecule has 1 atom stereocenters. The van der Waals surface area contributed by atoms with Crippen LogP contribution in [-0.2, 0) is 0 Å². The predicted octanol–water partition coefficient (Wildman–Crippen LogP) is 4.53. The molecule has 2 rings (SSSR count). The Morgan fingerprint density at radius 3 is 2.38 bits per heavy atom. The molecule has 21 heavy (non-hydrogen) atoms. The molecule has 0 amide bonds. The summed E-state index contributed by atoms with van der Waals surface area (Å²) in [6.07, 6.45) is 1.15. The van der Waals surface area contributed by atoms with Crippen molar-refractivity contribution in [3.63, 3.8) is 0 Å². The second-order valence-electron chi connectivity index (χ2n) is 4.90. The first-order chi connectivity index (χ1) is 10.3. The Labute approximate surface area is 131 Å². The van der Waals surface area contributed by atoms with Gasteiger partial charge in [-0.05, 0) is 42.8 Å². The first-order valence-corrected chi connectivity index (χ1v) is 8.37. The molecule has 1 unspecified atom stereocenters. The van der Waals surface area contributed by atoms with E-state index in [0.29, 0.717) is 6.04 Å². The second kappa shape index (κ2) is 8.75. The van der Waals surface area contributed by atoms with Gasteiger partial charge in [0.2, 0.25) is 0 Å². The van der Waals surface area contributed by atoms with Crippen LogP contribution in [0.2, 0.25) is 0 Å². The normalized spacial score (nSPS) is 12.1. The summed E-state index contributed by atoms with van der Waals surface area (Å²) in [5, 5.41) is 3.63. The van der Waals surface area contributed by atoms with E-state index in [4.69, 9.17) is 4.74 Å². The van der Waals surface area contributed by atoms with Crippen molar-refractivity contribution in [2.45, 2.75) is 24.3 Å². The number of hydrogen-bond donors (Lipinski definition) is 1. The maximum Gasteiger partial charge on any atom is 0.118 e. The summed E-state index contributed by atoms with van der Waals surface area (Å²) in [4.78, 5) is 1.27. The second-order valence-corrected chi connectivity index (χ2v) is 6.00. The highest BCUT2D eigenvalue weighted by molar-refractivity contribution is 7.99. The maximum absolute atomic E-state index is 5.20. The van der Waals surface area contributed by atoms with E-state index in [-0.39, 0.29) is 0 Å². The maximum atomic E-state index is 5.20. The Morgan fingerprint density at radius 2 is 1.76 bits per heavy atom. The van der Waals surface area contributed by atoms with E-state index in [2.05, 4.69) is 54.7 Å². The Hall–Kier alpha value is -1.45. The molecule has 0 fully saturated rings. The lowest BCUT2D eigenvalue weighted by Crippen LogP contribution is -2.24. The minimum absolute atomic E-state index is 0.387. The molecule has 0 heterocycles. The number of thioether (sulfide) groups is 1. The summed E-state index contributed by atoms with van der Waals surface area (Å²) in [7, 11) is 1.70. The third kappa shape index (κ3) is 5.10. The van der Waals surface area contributed by atoms with Gasteiger partial charge in [0, 0.05) is 16.7 Å². The van der Waals surface area contributed by atoms with E-state index in [1.807, 2.05) is 23.9 Å². The number of ether oxygens (including phenoxy) is 1. The first kappa shape index (κ1) is 15.9. The van der Waals surface area contributed by atoms with Gasteiger partial charge >= 0.3 is 0 Å². The van der Waals surface area contributed by atoms with E-state index in [0.717, 1.165) is 24.5 Å². The highest BCUT2D eigenvalue weighted by atomic mass is 32.2. The largest absolute Gasteiger partial charge is 0.497 e. The van der Waals surface area contributed by atoms with Crippen molar-refractivity contribution in [3.05, 3.63) is 60.2 Å². The zero-order valence-electron chi connectivity index (χ0n) is 12.7. The number of hydrogen-bond acceptors (Lipinski definition) is 3. The molecule has 0 aromatic heterocycles. The molecule has 0 aliphatic heterocycles. The highest BCUT2D eigenvalue weighted by Crippen LogP contribution is 2.26. The van der Waals surface area contributed by atoms with E-state index in [9.17, 15) is 0 Å². The van der Waals surface area contributed by atoms with Gasteiger partial charge in [0.1, 0.15) is 5.75 Å². The molecule has 112 valence electrons. The Kier molecular flexibility index (Phi) is 6.64. The average Bonchev–Trinajstić information content (AvgIpc) is 2.56. The van der Waals surface area contributed by atoms with Crippen LogP contribution in [0.1, 0.15) is 24.9 Å². The van der Waals surface area contributed by atoms with Crippen LogP contribution in [0.3, 0.4) is 0 Å². The third-order valence-electron chi connectivity index (χ3n) is 3.32. The quantitative estimate of drug-likeness (QED) is 0.724. The van der Waals surface area contributed by atoms with Crippen molar-refractivity contribution in [1.29, 1.82) is 0 Å². The number of benzene rings is 2. The molecule has 2 nitrogen and oxygen atoms in total. The fourth-order valence-electron chi connectivity index (χ4n) is 2.13. The van der Waals surface area contributed by atoms with Crippen molar-refractivity contribution < 1.29 is 4.74 Å². The van der Waals surface area contributed by atoms with Crippen molar-refractivity contribution >= 4 is 11.8 Å². The van der Waals surface area contributed by atoms with Gasteiger partial charge in [0.15, 0.2) is 0 Å². The van der Waals surface area contributed by atoms with Crippen LogP contribution in [0.4, 0.5) is 0 Å². The number of nitrogens with one attached hydrogen (secondary N) is 1. The van der Waals surface area contributed by atoms with Crippen molar-refractivity contribution in [1.82, 2.24) is 5.32 Å². The topological polar surface area (TPSA) is 21.3 Å². The molecule has 0 aliphatic rings. The van der Waals surface area contributed by atoms with E-state index >= 15 is 0 Å². The van der Waals surface area contributed by atoms with Gasteiger partial charge in [-0.15, -0.1) is 11.8 Å². The van der Waals surface area contributed by atoms with E-state index in [1.54, 1.807) is 7.11 Å². The monoisotopic (exact) mass is 301 g/mol. The van der Waals surface area contributed by atoms with Gasteiger partial charge in [-0.3, -0.25) is 0 Å². The van der Waals surface area contributed by atoms with Gasteiger partial charge in [0.05, 0.1) is 7.11 Å². The fraction of sp³-hybridized carbons (Fsp3) is 0.333. The SMILES string of the molecule is CCCNC(CSc1ccc(OC)cc1)c1ccccc1. The number of methoxy groups -OCH3 is 1. The summed E-state index contributed by atoms with van der Waals surface area (Å²) in [5.41, 5.74) is 1.35. The van der Waals surface area contributed by atoms with Crippen LogP contribution in [0.25, 0.3) is 0 Å². The molecule has 0 bridgehead atoms. The Bertz CT molecular complexity index is 513. The van der Waals surface area contributed by atoms with Crippen molar-refractivity contribution in [2.24, 2.45) is 0 Å². The third-order valence-corrected chi connectivity index (χ3v) is 4.42. The molecule has 1 N–H and O–H groups in total. The summed E-state index contributed by atoms with van der Waals surface area (Å²) in [5.74, 6) is 1.93. The molecule has 2 aromatic rings. The van der Waals surface area contributed by atoms with Crippen molar-refractivity contribution in [3.8, 4) is 5.75 Å². The van der Waals surface area contributed by atoms with Crippen LogP contribution in [0.15, 0.2) is 59.5 Å². The lowest BCUT2D eigenvalue weighted by Gasteiger charge is -2.18. The van der Waals surface area contributed by atoms with E-state index < -0.39 is 0 Å². The standard InChI is InChI=1S/C18H23NOS/c1-3-13-19-18(15-7-5-4-6-8-15)14-21-17-11-9-16(20-2)10-12-17/h4-12,18-19H,3,13-14H2,1-2H3. The van der Waals surface area contributed by atoms with Crippen LogP contribution in [-0.4, -0.2) is 19.4 Å². The average molecular weight is 301 g/mol. The zero-order valence-corrected chi connectivity index (χ0v) is 13.5. The first-order valence-electron chi connectivity index (χ1n) is 7.38. The highest BCUT2D eigenvalue weighted by Gasteiger charge is 2.10. The predicted molar refractivity (Wildman–Crippen MR) is 91.2 cm³/mol.